The molecule has 0 bridgehead atoms. The van der Waals surface area contributed by atoms with Gasteiger partial charge < -0.3 is 0 Å². The summed E-state index contributed by atoms with van der Waals surface area (Å²) in [6.45, 7) is 0. The van der Waals surface area contributed by atoms with Crippen LogP contribution in [-0.2, 0) is 12.1 Å². The van der Waals surface area contributed by atoms with E-state index >= 15 is 0 Å². The number of hydrogen-bond acceptors (Lipinski definition) is 0. The fourth-order valence-electron chi connectivity index (χ4n) is 1.05. The lowest BCUT2D eigenvalue weighted by molar-refractivity contribution is -0.137. The number of rotatable bonds is 1. The van der Waals surface area contributed by atoms with Gasteiger partial charge in [-0.1, -0.05) is 46.4 Å². The number of alkyl halides is 4. The van der Waals surface area contributed by atoms with Gasteiger partial charge in [0.05, 0.1) is 31.5 Å². The third-order valence-electron chi connectivity index (χ3n) is 1.77. The van der Waals surface area contributed by atoms with Crippen molar-refractivity contribution >= 4 is 58.0 Å². The molecule has 1 aromatic carbocycles. The van der Waals surface area contributed by atoms with E-state index in [4.69, 9.17) is 58.0 Å². The monoisotopic (exact) mass is 330 g/mol. The first-order valence-corrected chi connectivity index (χ1v) is 5.74. The smallest absolute Gasteiger partial charge is 0.166 e. The Morgan fingerprint density at radius 1 is 0.812 bits per heavy atom. The Balaban J connectivity index is 3.69. The molecule has 0 aliphatic rings. The predicted octanol–water partition coefficient (Wildman–Crippen LogP) is 6.06. The lowest BCUT2D eigenvalue weighted by Crippen LogP contribution is -2.09. The van der Waals surface area contributed by atoms with Gasteiger partial charge in [0.2, 0.25) is 0 Å². The Morgan fingerprint density at radius 2 is 1.31 bits per heavy atom. The van der Waals surface area contributed by atoms with Crippen molar-refractivity contribution in [2.24, 2.45) is 0 Å². The minimum Gasteiger partial charge on any atom is -0.166 e. The lowest BCUT2D eigenvalue weighted by Gasteiger charge is -2.16. The van der Waals surface area contributed by atoms with Gasteiger partial charge in [0.1, 0.15) is 0 Å². The summed E-state index contributed by atoms with van der Waals surface area (Å²) in [5.41, 5.74) is -1.31. The molecule has 8 heteroatoms. The Morgan fingerprint density at radius 3 is 1.69 bits per heavy atom. The van der Waals surface area contributed by atoms with E-state index in [2.05, 4.69) is 0 Å². The standard InChI is InChI=1S/C8H2Cl5F3/c9-1-2-4(10)3(8(14,15)16)6(12)7(13)5(2)11/h1H2. The van der Waals surface area contributed by atoms with Crippen LogP contribution < -0.4 is 0 Å². The molecule has 0 saturated carbocycles. The second kappa shape index (κ2) is 4.99. The van der Waals surface area contributed by atoms with Crippen LogP contribution in [-0.4, -0.2) is 0 Å². The van der Waals surface area contributed by atoms with Crippen molar-refractivity contribution in [3.63, 3.8) is 0 Å². The van der Waals surface area contributed by atoms with E-state index in [1.54, 1.807) is 0 Å². The summed E-state index contributed by atoms with van der Waals surface area (Å²) in [7, 11) is 0. The fraction of sp³-hybridized carbons (Fsp3) is 0.250. The Hall–Kier alpha value is 0.460. The van der Waals surface area contributed by atoms with Crippen molar-refractivity contribution in [2.75, 3.05) is 0 Å². The first-order valence-electron chi connectivity index (χ1n) is 3.69. The summed E-state index contributed by atoms with van der Waals surface area (Å²) in [6, 6.07) is 0. The van der Waals surface area contributed by atoms with E-state index in [9.17, 15) is 13.2 Å². The molecule has 0 radical (unpaired) electrons. The van der Waals surface area contributed by atoms with E-state index in [0.717, 1.165) is 0 Å². The van der Waals surface area contributed by atoms with Gasteiger partial charge in [-0.15, -0.1) is 11.6 Å². The zero-order chi connectivity index (χ0) is 12.7. The molecule has 0 saturated heterocycles. The highest BCUT2D eigenvalue weighted by Gasteiger charge is 2.39. The molecule has 0 fully saturated rings. The maximum atomic E-state index is 12.6. The molecule has 90 valence electrons. The highest BCUT2D eigenvalue weighted by Crippen LogP contribution is 2.48. The Kier molecular flexibility index (Phi) is 4.53. The van der Waals surface area contributed by atoms with Crippen molar-refractivity contribution in [2.45, 2.75) is 12.1 Å². The van der Waals surface area contributed by atoms with Gasteiger partial charge in [-0.25, -0.2) is 0 Å². The van der Waals surface area contributed by atoms with E-state index in [0.29, 0.717) is 0 Å². The summed E-state index contributed by atoms with van der Waals surface area (Å²) < 4.78 is 37.9. The third-order valence-corrected chi connectivity index (χ3v) is 3.82. The topological polar surface area (TPSA) is 0 Å². The largest absolute Gasteiger partial charge is 0.419 e. The van der Waals surface area contributed by atoms with Gasteiger partial charge >= 0.3 is 6.18 Å². The Labute approximate surface area is 114 Å². The number of hydrogen-bond donors (Lipinski definition) is 0. The summed E-state index contributed by atoms with van der Waals surface area (Å²) in [5.74, 6) is -0.294. The lowest BCUT2D eigenvalue weighted by atomic mass is 10.1. The van der Waals surface area contributed by atoms with Crippen LogP contribution in [0.2, 0.25) is 20.1 Å². The summed E-state index contributed by atoms with van der Waals surface area (Å²) in [4.78, 5) is 0. The maximum absolute atomic E-state index is 12.6. The van der Waals surface area contributed by atoms with Crippen molar-refractivity contribution in [3.8, 4) is 0 Å². The molecular formula is C8H2Cl5F3. The van der Waals surface area contributed by atoms with Crippen molar-refractivity contribution in [1.82, 2.24) is 0 Å². The van der Waals surface area contributed by atoms with Gasteiger partial charge in [0.25, 0.3) is 0 Å². The molecule has 1 aromatic rings. The summed E-state index contributed by atoms with van der Waals surface area (Å²) in [6.07, 6.45) is -4.72. The van der Waals surface area contributed by atoms with Crippen molar-refractivity contribution in [3.05, 3.63) is 31.2 Å². The van der Waals surface area contributed by atoms with E-state index in [1.807, 2.05) is 0 Å². The van der Waals surface area contributed by atoms with E-state index in [-0.39, 0.29) is 16.5 Å². The molecule has 0 heterocycles. The molecule has 16 heavy (non-hydrogen) atoms. The van der Waals surface area contributed by atoms with E-state index in [1.165, 1.54) is 0 Å². The van der Waals surface area contributed by atoms with Crippen LogP contribution >= 0.6 is 58.0 Å². The van der Waals surface area contributed by atoms with Crippen molar-refractivity contribution in [1.29, 1.82) is 0 Å². The Bertz CT molecular complexity index is 427. The van der Waals surface area contributed by atoms with Crippen LogP contribution in [0.3, 0.4) is 0 Å². The minimum atomic E-state index is -4.72. The van der Waals surface area contributed by atoms with E-state index < -0.39 is 26.8 Å². The molecule has 0 nitrogen and oxygen atoms in total. The molecule has 0 aliphatic heterocycles. The maximum Gasteiger partial charge on any atom is 0.419 e. The summed E-state index contributed by atoms with van der Waals surface area (Å²) >= 11 is 27.7. The van der Waals surface area contributed by atoms with Gasteiger partial charge in [0, 0.05) is 5.56 Å². The molecule has 0 aromatic heterocycles. The normalized spacial score (nSPS) is 12.0. The second-order valence-electron chi connectivity index (χ2n) is 2.74. The van der Waals surface area contributed by atoms with Crippen LogP contribution in [0.1, 0.15) is 11.1 Å². The number of halogens is 8. The molecule has 0 spiro atoms. The quantitative estimate of drug-likeness (QED) is 0.333. The van der Waals surface area contributed by atoms with Crippen LogP contribution in [0.5, 0.6) is 0 Å². The van der Waals surface area contributed by atoms with Crippen LogP contribution in [0.4, 0.5) is 13.2 Å². The van der Waals surface area contributed by atoms with Crippen LogP contribution in [0, 0.1) is 0 Å². The second-order valence-corrected chi connectivity index (χ2v) is 4.52. The first-order chi connectivity index (χ1) is 7.21. The molecule has 1 rings (SSSR count). The van der Waals surface area contributed by atoms with Gasteiger partial charge in [-0.2, -0.15) is 13.2 Å². The van der Waals surface area contributed by atoms with Crippen molar-refractivity contribution < 1.29 is 13.2 Å². The molecule has 0 N–H and O–H groups in total. The summed E-state index contributed by atoms with van der Waals surface area (Å²) in [5, 5.41) is -1.92. The molecule has 0 unspecified atom stereocenters. The van der Waals surface area contributed by atoms with Crippen LogP contribution in [0.15, 0.2) is 0 Å². The third kappa shape index (κ3) is 2.49. The molecule has 0 amide bonds. The highest BCUT2D eigenvalue weighted by molar-refractivity contribution is 6.50. The minimum absolute atomic E-state index is 0.0910. The average Bonchev–Trinajstić information content (AvgIpc) is 2.13. The molecule has 0 aliphatic carbocycles. The van der Waals surface area contributed by atoms with Gasteiger partial charge in [-0.3, -0.25) is 0 Å². The average molecular weight is 332 g/mol. The fourth-order valence-corrected chi connectivity index (χ4v) is 2.72. The highest BCUT2D eigenvalue weighted by atomic mass is 35.5. The van der Waals surface area contributed by atoms with Crippen LogP contribution in [0.25, 0.3) is 0 Å². The van der Waals surface area contributed by atoms with Gasteiger partial charge in [0.15, 0.2) is 0 Å². The number of benzene rings is 1. The first kappa shape index (κ1) is 14.5. The molecular weight excluding hydrogens is 330 g/mol. The zero-order valence-corrected chi connectivity index (χ0v) is 11.0. The predicted molar refractivity (Wildman–Crippen MR) is 61.0 cm³/mol. The zero-order valence-electron chi connectivity index (χ0n) is 7.23. The SMILES string of the molecule is FC(F)(F)c1c(Cl)c(Cl)c(Cl)c(CCl)c1Cl. The van der Waals surface area contributed by atoms with Gasteiger partial charge in [-0.05, 0) is 0 Å². The molecule has 0 atom stereocenters.